The molecule has 0 atom stereocenters. The van der Waals surface area contributed by atoms with E-state index in [-0.39, 0.29) is 0 Å². The Labute approximate surface area is 97.4 Å². The van der Waals surface area contributed by atoms with Crippen LogP contribution in [-0.2, 0) is 6.42 Å². The average Bonchev–Trinajstić information content (AvgIpc) is 2.54. The van der Waals surface area contributed by atoms with Crippen molar-refractivity contribution in [2.24, 2.45) is 0 Å². The molecule has 3 rings (SSSR count). The fraction of sp³-hybridized carbons (Fsp3) is 0.182. The maximum atomic E-state index is 5.98. The highest BCUT2D eigenvalue weighted by atomic mass is 35.5. The lowest BCUT2D eigenvalue weighted by Gasteiger charge is -2.06. The van der Waals surface area contributed by atoms with Crippen LogP contribution in [-0.4, -0.2) is 16.8 Å². The summed E-state index contributed by atoms with van der Waals surface area (Å²) in [5.41, 5.74) is 8.63. The number of aromatic amines is 1. The van der Waals surface area contributed by atoms with Crippen LogP contribution in [0.3, 0.4) is 0 Å². The van der Waals surface area contributed by atoms with Gasteiger partial charge in [-0.3, -0.25) is 5.10 Å². The van der Waals surface area contributed by atoms with Crippen molar-refractivity contribution in [2.45, 2.75) is 6.42 Å². The molecule has 0 aliphatic carbocycles. The molecule has 0 spiro atoms. The first-order chi connectivity index (χ1) is 7.75. The monoisotopic (exact) mass is 235 g/mol. The van der Waals surface area contributed by atoms with Gasteiger partial charge in [0.15, 0.2) is 0 Å². The molecule has 1 aromatic carbocycles. The first-order valence-electron chi connectivity index (χ1n) is 5.01. The summed E-state index contributed by atoms with van der Waals surface area (Å²) in [6, 6.07) is 5.54. The Kier molecular flexibility index (Phi) is 2.04. The number of benzene rings is 1. The molecule has 2 aromatic rings. The van der Waals surface area contributed by atoms with E-state index in [0.717, 1.165) is 29.0 Å². The SMILES string of the molecule is Nc1n[nH]c2c1CCOc1ccc(Cl)cc1-2. The lowest BCUT2D eigenvalue weighted by atomic mass is 10.1. The van der Waals surface area contributed by atoms with Gasteiger partial charge in [0, 0.05) is 22.6 Å². The zero-order chi connectivity index (χ0) is 11.1. The maximum absolute atomic E-state index is 5.98. The standard InChI is InChI=1S/C11H10ClN3O/c12-6-1-2-9-8(5-6)10-7(3-4-16-9)11(13)15-14-10/h1-2,5H,3-4H2,(H3,13,14,15). The fourth-order valence-electron chi connectivity index (χ4n) is 1.94. The summed E-state index contributed by atoms with van der Waals surface area (Å²) < 4.78 is 5.64. The number of halogens is 1. The summed E-state index contributed by atoms with van der Waals surface area (Å²) >= 11 is 5.98. The van der Waals surface area contributed by atoms with Crippen molar-refractivity contribution in [1.82, 2.24) is 10.2 Å². The number of nitrogen functional groups attached to an aromatic ring is 1. The van der Waals surface area contributed by atoms with Gasteiger partial charge in [-0.25, -0.2) is 0 Å². The number of H-pyrrole nitrogens is 1. The molecule has 0 radical (unpaired) electrons. The number of nitrogens with zero attached hydrogens (tertiary/aromatic N) is 1. The van der Waals surface area contributed by atoms with E-state index in [1.807, 2.05) is 18.2 Å². The Balaban J connectivity index is 2.28. The molecule has 1 aliphatic rings. The average molecular weight is 236 g/mol. The van der Waals surface area contributed by atoms with Crippen molar-refractivity contribution in [2.75, 3.05) is 12.3 Å². The highest BCUT2D eigenvalue weighted by molar-refractivity contribution is 6.31. The fourth-order valence-corrected chi connectivity index (χ4v) is 2.11. The lowest BCUT2D eigenvalue weighted by molar-refractivity contribution is 0.326. The van der Waals surface area contributed by atoms with E-state index >= 15 is 0 Å². The van der Waals surface area contributed by atoms with Gasteiger partial charge in [0.05, 0.1) is 12.3 Å². The number of nitrogens with two attached hydrogens (primary N) is 1. The lowest BCUT2D eigenvalue weighted by Crippen LogP contribution is -2.00. The van der Waals surface area contributed by atoms with E-state index < -0.39 is 0 Å². The van der Waals surface area contributed by atoms with Gasteiger partial charge in [-0.2, -0.15) is 5.10 Å². The van der Waals surface area contributed by atoms with Crippen LogP contribution in [0.1, 0.15) is 5.56 Å². The summed E-state index contributed by atoms with van der Waals surface area (Å²) in [6.07, 6.45) is 0.754. The van der Waals surface area contributed by atoms with Crippen LogP contribution < -0.4 is 10.5 Å². The van der Waals surface area contributed by atoms with Crippen LogP contribution in [0.2, 0.25) is 5.02 Å². The first-order valence-corrected chi connectivity index (χ1v) is 5.39. The van der Waals surface area contributed by atoms with E-state index in [1.165, 1.54) is 0 Å². The summed E-state index contributed by atoms with van der Waals surface area (Å²) in [7, 11) is 0. The molecule has 0 bridgehead atoms. The molecule has 16 heavy (non-hydrogen) atoms. The van der Waals surface area contributed by atoms with Crippen LogP contribution in [0, 0.1) is 0 Å². The van der Waals surface area contributed by atoms with E-state index in [4.69, 9.17) is 22.1 Å². The molecule has 0 saturated carbocycles. The molecule has 1 aliphatic heterocycles. The number of fused-ring (bicyclic) bond motifs is 3. The highest BCUT2D eigenvalue weighted by Gasteiger charge is 2.20. The van der Waals surface area contributed by atoms with Gasteiger partial charge in [0.1, 0.15) is 11.6 Å². The number of nitrogens with one attached hydrogen (secondary N) is 1. The maximum Gasteiger partial charge on any atom is 0.149 e. The highest BCUT2D eigenvalue weighted by Crippen LogP contribution is 2.37. The summed E-state index contributed by atoms with van der Waals surface area (Å²) in [5, 5.41) is 7.63. The molecule has 1 aromatic heterocycles. The molecule has 5 heteroatoms. The second-order valence-electron chi connectivity index (χ2n) is 3.70. The quantitative estimate of drug-likeness (QED) is 0.736. The molecule has 0 amide bonds. The van der Waals surface area contributed by atoms with Crippen molar-refractivity contribution in [3.8, 4) is 17.0 Å². The smallest absolute Gasteiger partial charge is 0.149 e. The molecule has 0 unspecified atom stereocenters. The van der Waals surface area contributed by atoms with Gasteiger partial charge in [-0.05, 0) is 18.2 Å². The number of hydrogen-bond acceptors (Lipinski definition) is 3. The third-order valence-corrected chi connectivity index (χ3v) is 2.95. The van der Waals surface area contributed by atoms with Gasteiger partial charge in [0.25, 0.3) is 0 Å². The molecule has 0 fully saturated rings. The van der Waals surface area contributed by atoms with Crippen molar-refractivity contribution in [3.05, 3.63) is 28.8 Å². The minimum absolute atomic E-state index is 0.534. The van der Waals surface area contributed by atoms with Crippen LogP contribution in [0.5, 0.6) is 5.75 Å². The van der Waals surface area contributed by atoms with Crippen LogP contribution in [0.15, 0.2) is 18.2 Å². The number of anilines is 1. The Morgan fingerprint density at radius 2 is 2.31 bits per heavy atom. The summed E-state index contributed by atoms with van der Waals surface area (Å²) in [4.78, 5) is 0. The summed E-state index contributed by atoms with van der Waals surface area (Å²) in [6.45, 7) is 0.603. The van der Waals surface area contributed by atoms with Gasteiger partial charge in [0.2, 0.25) is 0 Å². The van der Waals surface area contributed by atoms with E-state index in [2.05, 4.69) is 10.2 Å². The Morgan fingerprint density at radius 1 is 1.44 bits per heavy atom. The van der Waals surface area contributed by atoms with Gasteiger partial charge in [-0.1, -0.05) is 11.6 Å². The van der Waals surface area contributed by atoms with Crippen molar-refractivity contribution in [3.63, 3.8) is 0 Å². The van der Waals surface area contributed by atoms with Crippen molar-refractivity contribution >= 4 is 17.4 Å². The molecule has 4 nitrogen and oxygen atoms in total. The predicted molar refractivity (Wildman–Crippen MR) is 62.6 cm³/mol. The second-order valence-corrected chi connectivity index (χ2v) is 4.14. The number of hydrogen-bond donors (Lipinski definition) is 2. The Hall–Kier alpha value is -1.68. The number of rotatable bonds is 0. The first kappa shape index (κ1) is 9.54. The second kappa shape index (κ2) is 3.42. The number of aromatic nitrogens is 2. The zero-order valence-electron chi connectivity index (χ0n) is 8.46. The minimum Gasteiger partial charge on any atom is -0.493 e. The van der Waals surface area contributed by atoms with Gasteiger partial charge in [-0.15, -0.1) is 0 Å². The zero-order valence-corrected chi connectivity index (χ0v) is 9.21. The predicted octanol–water partition coefficient (Wildman–Crippen LogP) is 2.25. The molecule has 0 saturated heterocycles. The van der Waals surface area contributed by atoms with Crippen molar-refractivity contribution < 1.29 is 4.74 Å². The minimum atomic E-state index is 0.534. The molecule has 2 heterocycles. The van der Waals surface area contributed by atoms with E-state index in [9.17, 15) is 0 Å². The Bertz CT molecular complexity index is 550. The third-order valence-electron chi connectivity index (χ3n) is 2.72. The normalized spacial score (nSPS) is 13.6. The van der Waals surface area contributed by atoms with Crippen LogP contribution in [0.4, 0.5) is 5.82 Å². The van der Waals surface area contributed by atoms with Gasteiger partial charge >= 0.3 is 0 Å². The van der Waals surface area contributed by atoms with Crippen molar-refractivity contribution in [1.29, 1.82) is 0 Å². The van der Waals surface area contributed by atoms with E-state index in [1.54, 1.807) is 0 Å². The van der Waals surface area contributed by atoms with E-state index in [0.29, 0.717) is 17.4 Å². The molecular formula is C11H10ClN3O. The van der Waals surface area contributed by atoms with Crippen LogP contribution >= 0.6 is 11.6 Å². The Morgan fingerprint density at radius 3 is 3.19 bits per heavy atom. The third kappa shape index (κ3) is 1.34. The number of ether oxygens (including phenoxy) is 1. The molecular weight excluding hydrogens is 226 g/mol. The topological polar surface area (TPSA) is 63.9 Å². The van der Waals surface area contributed by atoms with Gasteiger partial charge < -0.3 is 10.5 Å². The molecule has 82 valence electrons. The summed E-state index contributed by atoms with van der Waals surface area (Å²) in [5.74, 6) is 1.35. The largest absolute Gasteiger partial charge is 0.493 e. The molecule has 3 N–H and O–H groups in total. The van der Waals surface area contributed by atoms with Crippen LogP contribution in [0.25, 0.3) is 11.3 Å².